The molecule has 6 nitrogen and oxygen atoms in total. The molecule has 0 radical (unpaired) electrons. The van der Waals surface area contributed by atoms with Gasteiger partial charge < -0.3 is 15.0 Å². The zero-order valence-corrected chi connectivity index (χ0v) is 15.3. The first-order chi connectivity index (χ1) is 11.6. The second kappa shape index (κ2) is 7.85. The first-order valence-corrected chi connectivity index (χ1v) is 9.61. The number of fused-ring (bicyclic) bond motifs is 1. The van der Waals surface area contributed by atoms with Crippen LogP contribution in [-0.4, -0.2) is 48.1 Å². The van der Waals surface area contributed by atoms with Crippen molar-refractivity contribution in [3.63, 3.8) is 0 Å². The molecule has 1 atom stereocenters. The summed E-state index contributed by atoms with van der Waals surface area (Å²) in [6.45, 7) is 3.14. The zero-order chi connectivity index (χ0) is 16.9. The number of carbonyl (C=O) groups excluding carboxylic acids is 1. The summed E-state index contributed by atoms with van der Waals surface area (Å²) in [5.74, 6) is 1.60. The van der Waals surface area contributed by atoms with Gasteiger partial charge in [0.25, 0.3) is 5.91 Å². The molecule has 1 aromatic heterocycles. The van der Waals surface area contributed by atoms with Crippen molar-refractivity contribution in [3.8, 4) is 5.75 Å². The highest BCUT2D eigenvalue weighted by Gasteiger charge is 2.28. The molecule has 1 aliphatic heterocycles. The Morgan fingerprint density at radius 1 is 1.46 bits per heavy atom. The Hall–Kier alpha value is -1.80. The van der Waals surface area contributed by atoms with Crippen LogP contribution < -0.4 is 15.0 Å². The van der Waals surface area contributed by atoms with E-state index in [0.717, 1.165) is 33.0 Å². The maximum absolute atomic E-state index is 12.3. The average molecular weight is 364 g/mol. The van der Waals surface area contributed by atoms with Crippen LogP contribution in [-0.2, 0) is 4.79 Å². The third-order valence-electron chi connectivity index (χ3n) is 3.63. The number of aryl methyl sites for hydroxylation is 1. The molecule has 1 amide bonds. The van der Waals surface area contributed by atoms with Gasteiger partial charge in [0.05, 0.1) is 12.2 Å². The smallest absolute Gasteiger partial charge is 0.262 e. The number of para-hydroxylation sites is 2. The average Bonchev–Trinajstić information content (AvgIpc) is 2.99. The van der Waals surface area contributed by atoms with Gasteiger partial charge in [0.2, 0.25) is 0 Å². The fourth-order valence-electron chi connectivity index (χ4n) is 2.44. The minimum absolute atomic E-state index is 0.0619. The Morgan fingerprint density at radius 3 is 3.08 bits per heavy atom. The number of anilines is 1. The van der Waals surface area contributed by atoms with E-state index in [9.17, 15) is 4.79 Å². The van der Waals surface area contributed by atoms with Crippen molar-refractivity contribution < 1.29 is 9.53 Å². The van der Waals surface area contributed by atoms with Crippen molar-refractivity contribution in [3.05, 3.63) is 29.3 Å². The van der Waals surface area contributed by atoms with Crippen molar-refractivity contribution >= 4 is 34.7 Å². The Balaban J connectivity index is 1.41. The van der Waals surface area contributed by atoms with E-state index in [0.29, 0.717) is 13.1 Å². The van der Waals surface area contributed by atoms with Crippen LogP contribution in [0.4, 0.5) is 5.69 Å². The van der Waals surface area contributed by atoms with E-state index in [-0.39, 0.29) is 5.91 Å². The van der Waals surface area contributed by atoms with Gasteiger partial charge in [-0.15, -0.1) is 10.2 Å². The molecule has 0 fully saturated rings. The number of hydrogen-bond donors (Lipinski definition) is 1. The molecule has 1 N–H and O–H groups in total. The van der Waals surface area contributed by atoms with Crippen LogP contribution in [0, 0.1) is 6.92 Å². The number of rotatable bonds is 6. The fraction of sp³-hybridized carbons (Fsp3) is 0.438. The van der Waals surface area contributed by atoms with Gasteiger partial charge in [0.1, 0.15) is 10.8 Å². The molecular formula is C16H20N4O2S2. The van der Waals surface area contributed by atoms with E-state index < -0.39 is 6.10 Å². The van der Waals surface area contributed by atoms with Crippen molar-refractivity contribution in [2.45, 2.75) is 23.8 Å². The zero-order valence-electron chi connectivity index (χ0n) is 13.7. The van der Waals surface area contributed by atoms with Crippen LogP contribution in [0.2, 0.25) is 0 Å². The summed E-state index contributed by atoms with van der Waals surface area (Å²) in [4.78, 5) is 14.4. The van der Waals surface area contributed by atoms with Crippen LogP contribution in [0.15, 0.2) is 28.6 Å². The summed E-state index contributed by atoms with van der Waals surface area (Å²) in [5, 5.41) is 12.0. The Morgan fingerprint density at radius 2 is 2.29 bits per heavy atom. The van der Waals surface area contributed by atoms with Crippen LogP contribution in [0.5, 0.6) is 5.75 Å². The lowest BCUT2D eigenvalue weighted by Crippen LogP contribution is -2.48. The highest BCUT2D eigenvalue weighted by molar-refractivity contribution is 8.01. The number of likely N-dealkylation sites (N-methyl/N-ethyl adjacent to an activating group) is 1. The maximum atomic E-state index is 12.3. The Labute approximate surface area is 149 Å². The molecule has 3 rings (SSSR count). The normalized spacial score (nSPS) is 16.4. The summed E-state index contributed by atoms with van der Waals surface area (Å²) >= 11 is 3.27. The number of thioether (sulfide) groups is 1. The van der Waals surface area contributed by atoms with Crippen molar-refractivity contribution in [1.29, 1.82) is 0 Å². The number of carbonyl (C=O) groups is 1. The van der Waals surface area contributed by atoms with Gasteiger partial charge in [-0.05, 0) is 25.5 Å². The molecule has 128 valence electrons. The Kier molecular flexibility index (Phi) is 5.57. The monoisotopic (exact) mass is 364 g/mol. The summed E-state index contributed by atoms with van der Waals surface area (Å²) in [5.41, 5.74) is 1.02. The van der Waals surface area contributed by atoms with Gasteiger partial charge in [-0.3, -0.25) is 4.79 Å². The summed E-state index contributed by atoms with van der Waals surface area (Å²) in [7, 11) is 1.97. The SMILES string of the molecule is Cc1nnc(SCCCNC(=O)[C@@H]2CN(C)c3ccccc3O2)s1. The summed E-state index contributed by atoms with van der Waals surface area (Å²) in [6, 6.07) is 7.78. The lowest BCUT2D eigenvalue weighted by molar-refractivity contribution is -0.127. The Bertz CT molecular complexity index is 707. The molecule has 2 aromatic rings. The van der Waals surface area contributed by atoms with Gasteiger partial charge in [-0.2, -0.15) is 0 Å². The minimum Gasteiger partial charge on any atom is -0.477 e. The van der Waals surface area contributed by atoms with Crippen LogP contribution >= 0.6 is 23.1 Å². The number of nitrogens with one attached hydrogen (secondary N) is 1. The van der Waals surface area contributed by atoms with Gasteiger partial charge in [-0.1, -0.05) is 35.2 Å². The third kappa shape index (κ3) is 4.18. The molecule has 0 saturated heterocycles. The van der Waals surface area contributed by atoms with Crippen molar-refractivity contribution in [1.82, 2.24) is 15.5 Å². The molecule has 8 heteroatoms. The van der Waals surface area contributed by atoms with Crippen molar-refractivity contribution in [2.24, 2.45) is 0 Å². The van der Waals surface area contributed by atoms with E-state index >= 15 is 0 Å². The first-order valence-electron chi connectivity index (χ1n) is 7.81. The molecule has 0 bridgehead atoms. The molecular weight excluding hydrogens is 344 g/mol. The number of benzene rings is 1. The number of hydrogen-bond acceptors (Lipinski definition) is 7. The maximum Gasteiger partial charge on any atom is 0.262 e. The largest absolute Gasteiger partial charge is 0.477 e. The summed E-state index contributed by atoms with van der Waals surface area (Å²) in [6.07, 6.45) is 0.414. The van der Waals surface area contributed by atoms with E-state index in [1.807, 2.05) is 38.2 Å². The third-order valence-corrected chi connectivity index (χ3v) is 5.69. The number of nitrogens with zero attached hydrogens (tertiary/aromatic N) is 3. The molecule has 24 heavy (non-hydrogen) atoms. The van der Waals surface area contributed by atoms with Gasteiger partial charge in [0, 0.05) is 19.3 Å². The number of aromatic nitrogens is 2. The number of amides is 1. The van der Waals surface area contributed by atoms with Gasteiger partial charge in [-0.25, -0.2) is 0 Å². The molecule has 2 heterocycles. The standard InChI is InChI=1S/C16H20N4O2S2/c1-11-18-19-16(24-11)23-9-5-8-17-15(21)14-10-20(2)12-6-3-4-7-13(12)22-14/h3-4,6-7,14H,5,8-10H2,1-2H3,(H,17,21)/t14-/m0/s1. The van der Waals surface area contributed by atoms with Crippen LogP contribution in [0.3, 0.4) is 0 Å². The highest BCUT2D eigenvalue weighted by Crippen LogP contribution is 2.31. The highest BCUT2D eigenvalue weighted by atomic mass is 32.2. The second-order valence-corrected chi connectivity index (χ2v) is 8.06. The fourth-order valence-corrected chi connectivity index (χ4v) is 4.27. The topological polar surface area (TPSA) is 67.4 Å². The molecule has 0 saturated carbocycles. The predicted molar refractivity (Wildman–Crippen MR) is 97.1 cm³/mol. The molecule has 0 spiro atoms. The lowest BCUT2D eigenvalue weighted by atomic mass is 10.2. The van der Waals surface area contributed by atoms with E-state index in [1.165, 1.54) is 0 Å². The van der Waals surface area contributed by atoms with E-state index in [2.05, 4.69) is 20.4 Å². The van der Waals surface area contributed by atoms with Crippen LogP contribution in [0.25, 0.3) is 0 Å². The molecule has 0 aliphatic carbocycles. The number of ether oxygens (including phenoxy) is 1. The van der Waals surface area contributed by atoms with Gasteiger partial charge >= 0.3 is 0 Å². The van der Waals surface area contributed by atoms with Crippen LogP contribution in [0.1, 0.15) is 11.4 Å². The van der Waals surface area contributed by atoms with Gasteiger partial charge in [0.15, 0.2) is 10.4 Å². The summed E-state index contributed by atoms with van der Waals surface area (Å²) < 4.78 is 6.80. The molecule has 1 aliphatic rings. The lowest BCUT2D eigenvalue weighted by Gasteiger charge is -2.32. The quantitative estimate of drug-likeness (QED) is 0.627. The van der Waals surface area contributed by atoms with Crippen molar-refractivity contribution in [2.75, 3.05) is 30.8 Å². The second-order valence-electron chi connectivity index (χ2n) is 5.53. The minimum atomic E-state index is -0.469. The molecule has 0 unspecified atom stereocenters. The molecule has 1 aromatic carbocycles. The first kappa shape index (κ1) is 17.0. The van der Waals surface area contributed by atoms with E-state index in [4.69, 9.17) is 4.74 Å². The van der Waals surface area contributed by atoms with E-state index in [1.54, 1.807) is 23.1 Å². The predicted octanol–water partition coefficient (Wildman–Crippen LogP) is 2.34.